The summed E-state index contributed by atoms with van der Waals surface area (Å²) >= 11 is 0. The van der Waals surface area contributed by atoms with Crippen LogP contribution in [0, 0.1) is 18.6 Å². The van der Waals surface area contributed by atoms with Gasteiger partial charge in [0.25, 0.3) is 6.33 Å². The van der Waals surface area contributed by atoms with E-state index in [1.807, 2.05) is 18.5 Å². The summed E-state index contributed by atoms with van der Waals surface area (Å²) < 4.78 is 36.9. The van der Waals surface area contributed by atoms with Gasteiger partial charge < -0.3 is 4.42 Å². The maximum atomic E-state index is 15.1. The van der Waals surface area contributed by atoms with Crippen LogP contribution in [-0.4, -0.2) is 4.98 Å². The molecule has 0 N–H and O–H groups in total. The Morgan fingerprint density at radius 3 is 2.59 bits per heavy atom. The quantitative estimate of drug-likeness (QED) is 0.287. The van der Waals surface area contributed by atoms with Crippen LogP contribution in [0.4, 0.5) is 8.78 Å². The molecular weight excluding hydrogens is 406 g/mol. The van der Waals surface area contributed by atoms with Crippen LogP contribution in [0.2, 0.25) is 0 Å². The summed E-state index contributed by atoms with van der Waals surface area (Å²) in [5.74, 6) is -0.172. The van der Waals surface area contributed by atoms with Gasteiger partial charge in [0, 0.05) is 11.5 Å². The van der Waals surface area contributed by atoms with Gasteiger partial charge in [-0.15, -0.1) is 0 Å². The molecule has 5 aromatic rings. The molecule has 0 spiro atoms. The number of nitrogens with zero attached hydrogens (tertiary/aromatic N) is 2. The molecule has 0 amide bonds. The Bertz CT molecular complexity index is 1530. The van der Waals surface area contributed by atoms with E-state index in [1.165, 1.54) is 49.4 Å². The Kier molecular flexibility index (Phi) is 4.29. The summed E-state index contributed by atoms with van der Waals surface area (Å²) in [5, 5.41) is 1.94. The Morgan fingerprint density at radius 1 is 1.00 bits per heavy atom. The number of fused-ring (bicyclic) bond motifs is 4. The Balaban J connectivity index is 1.67. The van der Waals surface area contributed by atoms with E-state index in [1.54, 1.807) is 12.4 Å². The van der Waals surface area contributed by atoms with Crippen LogP contribution in [0.1, 0.15) is 42.7 Å². The molecule has 32 heavy (non-hydrogen) atoms. The van der Waals surface area contributed by atoms with Gasteiger partial charge in [-0.25, -0.2) is 13.3 Å². The molecule has 1 saturated carbocycles. The minimum Gasteiger partial charge on any atom is -0.455 e. The average molecular weight is 429 g/mol. The van der Waals surface area contributed by atoms with E-state index in [0.29, 0.717) is 27.9 Å². The number of rotatable bonds is 2. The molecule has 2 heterocycles. The Labute approximate surface area is 184 Å². The van der Waals surface area contributed by atoms with E-state index >= 15 is 4.39 Å². The summed E-state index contributed by atoms with van der Waals surface area (Å²) in [6.45, 7) is 1.88. The van der Waals surface area contributed by atoms with E-state index in [9.17, 15) is 4.39 Å². The maximum Gasteiger partial charge on any atom is 0.287 e. The number of benzene rings is 3. The van der Waals surface area contributed by atoms with Crippen LogP contribution in [0.25, 0.3) is 44.1 Å². The highest BCUT2D eigenvalue weighted by Gasteiger charge is 2.26. The van der Waals surface area contributed by atoms with Crippen molar-refractivity contribution in [2.45, 2.75) is 38.5 Å². The minimum absolute atomic E-state index is 0.343. The third-order valence-corrected chi connectivity index (χ3v) is 6.92. The number of aryl methyl sites for hydroxylation is 2. The average Bonchev–Trinajstić information content (AvgIpc) is 3.42. The van der Waals surface area contributed by atoms with Crippen LogP contribution in [0.3, 0.4) is 0 Å². The molecular formula is C27H23F2N2O+. The van der Waals surface area contributed by atoms with Gasteiger partial charge >= 0.3 is 0 Å². The first kappa shape index (κ1) is 19.4. The molecule has 6 rings (SSSR count). The van der Waals surface area contributed by atoms with Crippen molar-refractivity contribution in [2.24, 2.45) is 7.05 Å². The molecule has 1 aliphatic rings. The number of halogens is 2. The van der Waals surface area contributed by atoms with Crippen molar-refractivity contribution < 1.29 is 17.8 Å². The number of furan rings is 1. The van der Waals surface area contributed by atoms with E-state index in [2.05, 4.69) is 23.2 Å². The van der Waals surface area contributed by atoms with Crippen LogP contribution in [0.5, 0.6) is 0 Å². The van der Waals surface area contributed by atoms with Gasteiger partial charge in [-0.05, 0) is 72.1 Å². The molecule has 0 radical (unpaired) electrons. The molecule has 0 saturated heterocycles. The van der Waals surface area contributed by atoms with Crippen molar-refractivity contribution in [3.8, 4) is 11.3 Å². The molecule has 0 atom stereocenters. The van der Waals surface area contributed by atoms with Crippen molar-refractivity contribution in [1.29, 1.82) is 0 Å². The molecule has 5 heteroatoms. The van der Waals surface area contributed by atoms with E-state index in [4.69, 9.17) is 4.42 Å². The van der Waals surface area contributed by atoms with Crippen LogP contribution in [-0.2, 0) is 7.05 Å². The van der Waals surface area contributed by atoms with Crippen molar-refractivity contribution in [2.75, 3.05) is 0 Å². The van der Waals surface area contributed by atoms with Gasteiger partial charge in [0.15, 0.2) is 5.52 Å². The lowest BCUT2D eigenvalue weighted by Crippen LogP contribution is -2.32. The summed E-state index contributed by atoms with van der Waals surface area (Å²) in [7, 11) is 1.93. The first-order valence-electron chi connectivity index (χ1n) is 11.1. The number of hydrogen-bond donors (Lipinski definition) is 0. The van der Waals surface area contributed by atoms with Crippen LogP contribution < -0.4 is 4.57 Å². The van der Waals surface area contributed by atoms with E-state index in [0.717, 1.165) is 27.7 Å². The van der Waals surface area contributed by atoms with Gasteiger partial charge in [-0.3, -0.25) is 0 Å². The number of aromatic nitrogens is 2. The van der Waals surface area contributed by atoms with Crippen molar-refractivity contribution in [3.63, 3.8) is 0 Å². The summed E-state index contributed by atoms with van der Waals surface area (Å²) in [6.07, 6.45) is 6.82. The Hall–Kier alpha value is -3.34. The largest absolute Gasteiger partial charge is 0.455 e. The predicted octanol–water partition coefficient (Wildman–Crippen LogP) is 6.87. The smallest absolute Gasteiger partial charge is 0.287 e. The lowest BCUT2D eigenvalue weighted by molar-refractivity contribution is -0.662. The minimum atomic E-state index is -0.408. The zero-order valence-electron chi connectivity index (χ0n) is 18.1. The van der Waals surface area contributed by atoms with Crippen LogP contribution in [0.15, 0.2) is 53.2 Å². The molecule has 3 nitrogen and oxygen atoms in total. The van der Waals surface area contributed by atoms with Gasteiger partial charge in [-0.2, -0.15) is 0 Å². The third kappa shape index (κ3) is 2.84. The zero-order chi connectivity index (χ0) is 22.0. The van der Waals surface area contributed by atoms with E-state index in [-0.39, 0.29) is 5.82 Å². The summed E-state index contributed by atoms with van der Waals surface area (Å²) in [5.41, 5.74) is 5.51. The summed E-state index contributed by atoms with van der Waals surface area (Å²) in [4.78, 5) is 4.69. The zero-order valence-corrected chi connectivity index (χ0v) is 18.1. The standard InChI is InChI=1S/C27H23F2N2O/c1-15-11-21(29)25-20-10-8-18(28)13-23(20)32-27(25)24(15)26-19-9-7-17(16-5-3-4-6-16)12-22(19)30-14-31(26)2/h7-14,16H,3-6H2,1-2H3/q+1. The molecule has 1 aliphatic carbocycles. The molecule has 3 aromatic carbocycles. The molecule has 2 aromatic heterocycles. The van der Waals surface area contributed by atoms with Gasteiger partial charge in [0.05, 0.1) is 23.4 Å². The Morgan fingerprint density at radius 2 is 1.78 bits per heavy atom. The van der Waals surface area contributed by atoms with Crippen molar-refractivity contribution in [1.82, 2.24) is 4.98 Å². The lowest BCUT2D eigenvalue weighted by atomic mass is 9.94. The maximum absolute atomic E-state index is 15.1. The first-order chi connectivity index (χ1) is 15.5. The third-order valence-electron chi connectivity index (χ3n) is 6.92. The second-order valence-corrected chi connectivity index (χ2v) is 8.96. The highest BCUT2D eigenvalue weighted by atomic mass is 19.1. The van der Waals surface area contributed by atoms with Crippen molar-refractivity contribution in [3.05, 3.63) is 71.6 Å². The van der Waals surface area contributed by atoms with E-state index < -0.39 is 5.82 Å². The monoisotopic (exact) mass is 429 g/mol. The number of hydrogen-bond acceptors (Lipinski definition) is 2. The van der Waals surface area contributed by atoms with Crippen LogP contribution >= 0.6 is 0 Å². The molecule has 0 aliphatic heterocycles. The second kappa shape index (κ2) is 7.09. The van der Waals surface area contributed by atoms with Gasteiger partial charge in [-0.1, -0.05) is 18.9 Å². The van der Waals surface area contributed by atoms with Gasteiger partial charge in [0.2, 0.25) is 0 Å². The molecule has 160 valence electrons. The summed E-state index contributed by atoms with van der Waals surface area (Å²) in [6, 6.07) is 12.3. The molecule has 1 fully saturated rings. The second-order valence-electron chi connectivity index (χ2n) is 8.96. The fourth-order valence-electron chi connectivity index (χ4n) is 5.37. The fourth-order valence-corrected chi connectivity index (χ4v) is 5.37. The molecule has 0 unspecified atom stereocenters. The van der Waals surface area contributed by atoms with Gasteiger partial charge in [0.1, 0.15) is 28.5 Å². The highest BCUT2D eigenvalue weighted by Crippen LogP contribution is 2.41. The topological polar surface area (TPSA) is 29.9 Å². The fraction of sp³-hybridized carbons (Fsp3) is 0.259. The molecule has 0 bridgehead atoms. The first-order valence-corrected chi connectivity index (χ1v) is 11.1. The highest BCUT2D eigenvalue weighted by molar-refractivity contribution is 6.11. The van der Waals surface area contributed by atoms with Crippen molar-refractivity contribution >= 4 is 32.8 Å². The normalized spacial score (nSPS) is 14.9. The lowest BCUT2D eigenvalue weighted by Gasteiger charge is -2.12. The SMILES string of the molecule is Cc1cc(F)c2c(oc3cc(F)ccc32)c1-c1c2ccc(C3CCCC3)cc2nc[n+]1C. The predicted molar refractivity (Wildman–Crippen MR) is 121 cm³/mol.